The standard InChI is InChI=1S/C12H20N4/c1-9-3-2-4-12-14-11(15-16(9)12)7-10-5-6-13-8-10/h9-10,13H,2-8H2,1H3. The molecule has 16 heavy (non-hydrogen) atoms. The van der Waals surface area contributed by atoms with E-state index in [0.29, 0.717) is 6.04 Å². The van der Waals surface area contributed by atoms with Crippen molar-refractivity contribution < 1.29 is 0 Å². The van der Waals surface area contributed by atoms with E-state index in [4.69, 9.17) is 0 Å². The van der Waals surface area contributed by atoms with Crippen LogP contribution in [0.5, 0.6) is 0 Å². The molecule has 0 aliphatic carbocycles. The van der Waals surface area contributed by atoms with E-state index in [0.717, 1.165) is 37.7 Å². The number of hydrogen-bond donors (Lipinski definition) is 1. The van der Waals surface area contributed by atoms with Gasteiger partial charge in [0.2, 0.25) is 0 Å². The fourth-order valence-electron chi connectivity index (χ4n) is 2.84. The number of nitrogens with zero attached hydrogens (tertiary/aromatic N) is 3. The zero-order valence-corrected chi connectivity index (χ0v) is 9.95. The van der Waals surface area contributed by atoms with Crippen molar-refractivity contribution in [2.45, 2.75) is 45.1 Å². The Morgan fingerprint density at radius 1 is 1.44 bits per heavy atom. The molecule has 0 radical (unpaired) electrons. The first-order valence-corrected chi connectivity index (χ1v) is 6.48. The van der Waals surface area contributed by atoms with Crippen LogP contribution in [0.25, 0.3) is 0 Å². The predicted octanol–water partition coefficient (Wildman–Crippen LogP) is 1.33. The molecule has 88 valence electrons. The second-order valence-corrected chi connectivity index (χ2v) is 5.19. The van der Waals surface area contributed by atoms with Crippen LogP contribution in [-0.2, 0) is 12.8 Å². The Morgan fingerprint density at radius 3 is 3.12 bits per heavy atom. The van der Waals surface area contributed by atoms with Crippen molar-refractivity contribution in [1.82, 2.24) is 20.1 Å². The monoisotopic (exact) mass is 220 g/mol. The summed E-state index contributed by atoms with van der Waals surface area (Å²) in [6.07, 6.45) is 5.96. The largest absolute Gasteiger partial charge is 0.316 e. The third kappa shape index (κ3) is 1.86. The summed E-state index contributed by atoms with van der Waals surface area (Å²) in [7, 11) is 0. The van der Waals surface area contributed by atoms with Crippen LogP contribution in [0, 0.1) is 5.92 Å². The van der Waals surface area contributed by atoms with Gasteiger partial charge in [-0.1, -0.05) is 0 Å². The summed E-state index contributed by atoms with van der Waals surface area (Å²) in [5, 5.41) is 8.07. The van der Waals surface area contributed by atoms with Gasteiger partial charge in [0.25, 0.3) is 0 Å². The molecule has 1 fully saturated rings. The summed E-state index contributed by atoms with van der Waals surface area (Å²) < 4.78 is 2.15. The Balaban J connectivity index is 1.75. The van der Waals surface area contributed by atoms with E-state index in [1.807, 2.05) is 0 Å². The number of aromatic nitrogens is 3. The molecular weight excluding hydrogens is 200 g/mol. The van der Waals surface area contributed by atoms with Crippen LogP contribution in [0.1, 0.15) is 43.9 Å². The maximum atomic E-state index is 4.69. The lowest BCUT2D eigenvalue weighted by molar-refractivity contribution is 0.386. The van der Waals surface area contributed by atoms with E-state index in [2.05, 4.69) is 27.0 Å². The molecule has 2 aliphatic rings. The maximum Gasteiger partial charge on any atom is 0.151 e. The molecule has 4 nitrogen and oxygen atoms in total. The first-order chi connectivity index (χ1) is 7.83. The van der Waals surface area contributed by atoms with Crippen molar-refractivity contribution in [1.29, 1.82) is 0 Å². The van der Waals surface area contributed by atoms with Gasteiger partial charge in [0.05, 0.1) is 6.04 Å². The summed E-state index contributed by atoms with van der Waals surface area (Å²) in [5.41, 5.74) is 0. The van der Waals surface area contributed by atoms with Crippen molar-refractivity contribution in [3.63, 3.8) is 0 Å². The minimum absolute atomic E-state index is 0.548. The smallest absolute Gasteiger partial charge is 0.151 e. The zero-order valence-electron chi connectivity index (χ0n) is 9.95. The highest BCUT2D eigenvalue weighted by molar-refractivity contribution is 4.99. The first-order valence-electron chi connectivity index (χ1n) is 6.48. The van der Waals surface area contributed by atoms with Crippen LogP contribution in [0.2, 0.25) is 0 Å². The van der Waals surface area contributed by atoms with Crippen LogP contribution in [0.4, 0.5) is 0 Å². The molecule has 2 unspecified atom stereocenters. The Kier molecular flexibility index (Phi) is 2.67. The molecule has 1 aromatic heterocycles. The molecule has 1 saturated heterocycles. The first kappa shape index (κ1) is 10.3. The number of aryl methyl sites for hydroxylation is 1. The SMILES string of the molecule is CC1CCCc2nc(CC3CCNC3)nn21. The summed E-state index contributed by atoms with van der Waals surface area (Å²) >= 11 is 0. The summed E-state index contributed by atoms with van der Waals surface area (Å²) in [4.78, 5) is 4.69. The van der Waals surface area contributed by atoms with Crippen LogP contribution in [0.15, 0.2) is 0 Å². The average Bonchev–Trinajstić information content (AvgIpc) is 2.88. The van der Waals surface area contributed by atoms with Gasteiger partial charge in [-0.15, -0.1) is 0 Å². The fourth-order valence-corrected chi connectivity index (χ4v) is 2.84. The lowest BCUT2D eigenvalue weighted by Crippen LogP contribution is -2.16. The lowest BCUT2D eigenvalue weighted by atomic mass is 10.1. The van der Waals surface area contributed by atoms with Gasteiger partial charge in [0.15, 0.2) is 5.82 Å². The highest BCUT2D eigenvalue weighted by Gasteiger charge is 2.22. The van der Waals surface area contributed by atoms with Crippen LogP contribution in [-0.4, -0.2) is 27.9 Å². The van der Waals surface area contributed by atoms with Gasteiger partial charge in [-0.25, -0.2) is 9.67 Å². The van der Waals surface area contributed by atoms with E-state index >= 15 is 0 Å². The maximum absolute atomic E-state index is 4.69. The van der Waals surface area contributed by atoms with Gasteiger partial charge >= 0.3 is 0 Å². The average molecular weight is 220 g/mol. The molecule has 0 saturated carbocycles. The molecule has 2 aliphatic heterocycles. The molecule has 4 heteroatoms. The van der Waals surface area contributed by atoms with E-state index < -0.39 is 0 Å². The lowest BCUT2D eigenvalue weighted by Gasteiger charge is -2.18. The van der Waals surface area contributed by atoms with Gasteiger partial charge < -0.3 is 5.32 Å². The molecule has 0 amide bonds. The number of fused-ring (bicyclic) bond motifs is 1. The Bertz CT molecular complexity index is 365. The molecule has 1 aromatic rings. The molecule has 0 aromatic carbocycles. The fraction of sp³-hybridized carbons (Fsp3) is 0.833. The van der Waals surface area contributed by atoms with Crippen LogP contribution >= 0.6 is 0 Å². The minimum atomic E-state index is 0.548. The Hall–Kier alpha value is -0.900. The van der Waals surface area contributed by atoms with E-state index in [9.17, 15) is 0 Å². The second-order valence-electron chi connectivity index (χ2n) is 5.19. The summed E-state index contributed by atoms with van der Waals surface area (Å²) in [5.74, 6) is 3.02. The van der Waals surface area contributed by atoms with Crippen molar-refractivity contribution >= 4 is 0 Å². The van der Waals surface area contributed by atoms with Crippen LogP contribution < -0.4 is 5.32 Å². The predicted molar refractivity (Wildman–Crippen MR) is 62.4 cm³/mol. The van der Waals surface area contributed by atoms with Crippen molar-refractivity contribution in [3.8, 4) is 0 Å². The highest BCUT2D eigenvalue weighted by Crippen LogP contribution is 2.23. The molecule has 3 rings (SSSR count). The van der Waals surface area contributed by atoms with Crippen molar-refractivity contribution in [3.05, 3.63) is 11.6 Å². The van der Waals surface area contributed by atoms with Crippen molar-refractivity contribution in [2.75, 3.05) is 13.1 Å². The molecule has 0 spiro atoms. The third-order valence-electron chi connectivity index (χ3n) is 3.82. The quantitative estimate of drug-likeness (QED) is 0.817. The Morgan fingerprint density at radius 2 is 2.38 bits per heavy atom. The molecule has 2 atom stereocenters. The molecule has 0 bridgehead atoms. The second kappa shape index (κ2) is 4.17. The molecule has 3 heterocycles. The van der Waals surface area contributed by atoms with Gasteiger partial charge in [0, 0.05) is 12.8 Å². The number of rotatable bonds is 2. The van der Waals surface area contributed by atoms with Crippen molar-refractivity contribution in [2.24, 2.45) is 5.92 Å². The highest BCUT2D eigenvalue weighted by atomic mass is 15.4. The zero-order chi connectivity index (χ0) is 11.0. The van der Waals surface area contributed by atoms with E-state index in [1.165, 1.54) is 25.1 Å². The summed E-state index contributed by atoms with van der Waals surface area (Å²) in [6, 6.07) is 0.548. The topological polar surface area (TPSA) is 42.7 Å². The van der Waals surface area contributed by atoms with Gasteiger partial charge in [-0.2, -0.15) is 5.10 Å². The molecular formula is C12H20N4. The third-order valence-corrected chi connectivity index (χ3v) is 3.82. The van der Waals surface area contributed by atoms with E-state index in [-0.39, 0.29) is 0 Å². The number of hydrogen-bond acceptors (Lipinski definition) is 3. The summed E-state index contributed by atoms with van der Waals surface area (Å²) in [6.45, 7) is 4.55. The van der Waals surface area contributed by atoms with Gasteiger partial charge in [-0.3, -0.25) is 0 Å². The molecule has 1 N–H and O–H groups in total. The van der Waals surface area contributed by atoms with Gasteiger partial charge in [-0.05, 0) is 45.2 Å². The Labute approximate surface area is 96.4 Å². The minimum Gasteiger partial charge on any atom is -0.316 e. The van der Waals surface area contributed by atoms with Crippen LogP contribution in [0.3, 0.4) is 0 Å². The normalized spacial score (nSPS) is 29.3. The van der Waals surface area contributed by atoms with Gasteiger partial charge in [0.1, 0.15) is 5.82 Å². The van der Waals surface area contributed by atoms with E-state index in [1.54, 1.807) is 0 Å². The number of nitrogens with one attached hydrogen (secondary N) is 1.